The van der Waals surface area contributed by atoms with Gasteiger partial charge in [-0.25, -0.2) is 8.78 Å². The van der Waals surface area contributed by atoms with Crippen LogP contribution >= 0.6 is 0 Å². The number of aliphatic hydroxyl groups is 2. The molecular weight excluding hydrogens is 542 g/mol. The van der Waals surface area contributed by atoms with E-state index < -0.39 is 35.1 Å². The molecule has 2 N–H and O–H groups in total. The molecule has 2 aliphatic heterocycles. The van der Waals surface area contributed by atoms with E-state index in [0.717, 1.165) is 18.4 Å². The Morgan fingerprint density at radius 3 is 2.29 bits per heavy atom. The van der Waals surface area contributed by atoms with Crippen molar-refractivity contribution >= 4 is 0 Å². The number of alkyl halides is 2. The van der Waals surface area contributed by atoms with Gasteiger partial charge >= 0.3 is 0 Å². The smallest absolute Gasteiger partial charge is 0.250 e. The average molecular weight is 579 g/mol. The first kappa shape index (κ1) is 27.6. The highest BCUT2D eigenvalue weighted by Crippen LogP contribution is 2.70. The van der Waals surface area contributed by atoms with Crippen molar-refractivity contribution in [2.75, 3.05) is 33.9 Å². The predicted molar refractivity (Wildman–Crippen MR) is 151 cm³/mol. The first-order valence-electron chi connectivity index (χ1n) is 14.7. The maximum Gasteiger partial charge on any atom is 0.250 e. The van der Waals surface area contributed by atoms with Gasteiger partial charge in [-0.1, -0.05) is 54.6 Å². The van der Waals surface area contributed by atoms with Crippen molar-refractivity contribution in [2.24, 2.45) is 5.92 Å². The Hall–Kier alpha value is -3.27. The number of halogens is 2. The number of aromatic nitrogens is 1. The van der Waals surface area contributed by atoms with E-state index in [1.807, 2.05) is 47.4 Å². The second-order valence-electron chi connectivity index (χ2n) is 12.2. The molecule has 0 amide bonds. The summed E-state index contributed by atoms with van der Waals surface area (Å²) in [5.41, 5.74) is -0.359. The topological polar surface area (TPSA) is 84.3 Å². The number of rotatable bonds is 7. The van der Waals surface area contributed by atoms with Crippen LogP contribution in [-0.4, -0.2) is 66.0 Å². The number of hydrogen-bond donors (Lipinski definition) is 2. The van der Waals surface area contributed by atoms with Gasteiger partial charge in [0.1, 0.15) is 5.75 Å². The molecule has 42 heavy (non-hydrogen) atoms. The zero-order valence-electron chi connectivity index (χ0n) is 23.8. The lowest BCUT2D eigenvalue weighted by Crippen LogP contribution is -2.52. The highest BCUT2D eigenvalue weighted by Gasteiger charge is 2.77. The van der Waals surface area contributed by atoms with Crippen molar-refractivity contribution in [3.8, 4) is 17.5 Å². The molecule has 7 nitrogen and oxygen atoms in total. The lowest BCUT2D eigenvalue weighted by Gasteiger charge is -2.41. The van der Waals surface area contributed by atoms with Crippen LogP contribution in [0.4, 0.5) is 8.78 Å². The molecule has 0 spiro atoms. The standard InChI is InChI=1S/C33H36F2N2O5/c1-40-26-18-25-28(30(36-26)41-2)32(39)29(38)24(19-37-16-14-31(34,35)15-17-37)27(22-6-4-3-5-7-22)33(32,42-25)23-12-10-21(11-13-23)20-8-9-20/h3-7,10-13,18,20,24,27,29,38-39H,8-9,14-17,19H2,1-2H3/t24-,27-,29-,32+,33+/m1/s1. The second kappa shape index (κ2) is 9.89. The number of piperidine rings is 1. The van der Waals surface area contributed by atoms with E-state index in [-0.39, 0.29) is 43.3 Å². The third-order valence-electron chi connectivity index (χ3n) is 9.85. The number of aliphatic hydroxyl groups excluding tert-OH is 1. The van der Waals surface area contributed by atoms with E-state index in [1.165, 1.54) is 19.8 Å². The van der Waals surface area contributed by atoms with Gasteiger partial charge in [0, 0.05) is 50.4 Å². The summed E-state index contributed by atoms with van der Waals surface area (Å²) >= 11 is 0. The van der Waals surface area contributed by atoms with Crippen molar-refractivity contribution in [1.29, 1.82) is 0 Å². The summed E-state index contributed by atoms with van der Waals surface area (Å²) in [7, 11) is 2.95. The number of pyridine rings is 1. The zero-order chi connectivity index (χ0) is 29.3. The third-order valence-corrected chi connectivity index (χ3v) is 9.85. The number of nitrogens with zero attached hydrogens (tertiary/aromatic N) is 2. The van der Waals surface area contributed by atoms with Crippen LogP contribution in [0.3, 0.4) is 0 Å². The monoisotopic (exact) mass is 578 g/mol. The lowest BCUT2D eigenvalue weighted by atomic mass is 9.70. The minimum atomic E-state index is -2.69. The number of likely N-dealkylation sites (tertiary alicyclic amines) is 1. The average Bonchev–Trinajstić information content (AvgIpc) is 3.79. The lowest BCUT2D eigenvalue weighted by molar-refractivity contribution is -0.152. The van der Waals surface area contributed by atoms with Crippen molar-refractivity contribution in [1.82, 2.24) is 9.88 Å². The molecule has 9 heteroatoms. The fourth-order valence-corrected chi connectivity index (χ4v) is 7.65. The summed E-state index contributed by atoms with van der Waals surface area (Å²) in [6.07, 6.45) is 0.503. The number of fused-ring (bicyclic) bond motifs is 3. The Bertz CT molecular complexity index is 1460. The summed E-state index contributed by atoms with van der Waals surface area (Å²) in [6.45, 7) is 0.725. The van der Waals surface area contributed by atoms with Crippen molar-refractivity contribution in [2.45, 2.75) is 60.7 Å². The van der Waals surface area contributed by atoms with Crippen LogP contribution in [0.1, 0.15) is 59.8 Å². The van der Waals surface area contributed by atoms with Crippen LogP contribution in [0.25, 0.3) is 0 Å². The summed E-state index contributed by atoms with van der Waals surface area (Å²) in [5, 5.41) is 25.4. The van der Waals surface area contributed by atoms with Gasteiger partial charge in [-0.05, 0) is 35.4 Å². The molecule has 0 radical (unpaired) electrons. The second-order valence-corrected chi connectivity index (χ2v) is 12.2. The van der Waals surface area contributed by atoms with E-state index in [9.17, 15) is 19.0 Å². The maximum absolute atomic E-state index is 14.1. The van der Waals surface area contributed by atoms with Gasteiger partial charge in [-0.15, -0.1) is 0 Å². The number of hydrogen-bond acceptors (Lipinski definition) is 7. The van der Waals surface area contributed by atoms with Crippen LogP contribution in [-0.2, 0) is 11.2 Å². The number of ether oxygens (including phenoxy) is 3. The molecule has 7 rings (SSSR count). The van der Waals surface area contributed by atoms with Gasteiger partial charge in [0.25, 0.3) is 5.92 Å². The molecule has 3 aromatic rings. The highest BCUT2D eigenvalue weighted by molar-refractivity contribution is 5.60. The molecule has 2 aromatic carbocycles. The molecule has 1 saturated heterocycles. The van der Waals surface area contributed by atoms with Crippen molar-refractivity contribution < 1.29 is 33.2 Å². The molecule has 3 heterocycles. The Labute approximate surface area is 244 Å². The zero-order valence-corrected chi connectivity index (χ0v) is 23.8. The number of methoxy groups -OCH3 is 2. The molecule has 5 atom stereocenters. The molecule has 4 aliphatic rings. The molecule has 2 aliphatic carbocycles. The quantitative estimate of drug-likeness (QED) is 0.410. The van der Waals surface area contributed by atoms with Crippen LogP contribution in [0.15, 0.2) is 60.7 Å². The minimum Gasteiger partial charge on any atom is -0.481 e. The molecule has 0 unspecified atom stereocenters. The summed E-state index contributed by atoms with van der Waals surface area (Å²) in [5.74, 6) is -2.58. The molecule has 0 bridgehead atoms. The largest absolute Gasteiger partial charge is 0.481 e. The Balaban J connectivity index is 1.43. The van der Waals surface area contributed by atoms with E-state index in [2.05, 4.69) is 17.1 Å². The SMILES string of the molecule is COc1cc2c(c(OC)n1)[C@]1(O)[C@H](O)[C@H](CN3CCC(F)(F)CC3)[C@@H](c3ccccc3)[C@]1(c1ccc(C3CC3)cc1)O2. The maximum atomic E-state index is 14.1. The normalized spacial score (nSPS) is 31.7. The summed E-state index contributed by atoms with van der Waals surface area (Å²) in [4.78, 5) is 6.43. The van der Waals surface area contributed by atoms with Gasteiger partial charge < -0.3 is 29.3 Å². The van der Waals surface area contributed by atoms with Crippen LogP contribution < -0.4 is 14.2 Å². The van der Waals surface area contributed by atoms with Gasteiger partial charge in [0.15, 0.2) is 11.2 Å². The van der Waals surface area contributed by atoms with Crippen LogP contribution in [0.2, 0.25) is 0 Å². The van der Waals surface area contributed by atoms with E-state index >= 15 is 0 Å². The Morgan fingerprint density at radius 1 is 0.976 bits per heavy atom. The predicted octanol–water partition coefficient (Wildman–Crippen LogP) is 4.96. The van der Waals surface area contributed by atoms with Crippen LogP contribution in [0.5, 0.6) is 17.5 Å². The molecule has 3 fully saturated rings. The van der Waals surface area contributed by atoms with Crippen LogP contribution in [0, 0.1) is 5.92 Å². The van der Waals surface area contributed by atoms with Crippen molar-refractivity contribution in [3.63, 3.8) is 0 Å². The van der Waals surface area contributed by atoms with E-state index in [4.69, 9.17) is 14.2 Å². The fraction of sp³-hybridized carbons (Fsp3) is 0.485. The Kier molecular flexibility index (Phi) is 6.49. The van der Waals surface area contributed by atoms with Gasteiger partial charge in [-0.2, -0.15) is 4.98 Å². The Morgan fingerprint density at radius 2 is 1.67 bits per heavy atom. The minimum absolute atomic E-state index is 0.104. The van der Waals surface area contributed by atoms with Gasteiger partial charge in [-0.3, -0.25) is 0 Å². The van der Waals surface area contributed by atoms with Gasteiger partial charge in [0.05, 0.1) is 25.9 Å². The summed E-state index contributed by atoms with van der Waals surface area (Å²) in [6, 6.07) is 19.5. The van der Waals surface area contributed by atoms with Gasteiger partial charge in [0.2, 0.25) is 11.8 Å². The fourth-order valence-electron chi connectivity index (χ4n) is 7.65. The molecule has 2 saturated carbocycles. The first-order chi connectivity index (χ1) is 20.2. The van der Waals surface area contributed by atoms with E-state index in [0.29, 0.717) is 23.8 Å². The van der Waals surface area contributed by atoms with Crippen molar-refractivity contribution in [3.05, 3.63) is 82.9 Å². The first-order valence-corrected chi connectivity index (χ1v) is 14.7. The van der Waals surface area contributed by atoms with E-state index in [1.54, 1.807) is 6.07 Å². The molecule has 1 aromatic heterocycles. The third kappa shape index (κ3) is 4.04. The summed E-state index contributed by atoms with van der Waals surface area (Å²) < 4.78 is 46.2. The number of benzene rings is 2. The molecular formula is C33H36F2N2O5. The highest BCUT2D eigenvalue weighted by atomic mass is 19.3. The molecule has 222 valence electrons.